The molecular weight excluding hydrogens is 349 g/mol. The summed E-state index contributed by atoms with van der Waals surface area (Å²) in [5.74, 6) is -0.116. The molecule has 1 unspecified atom stereocenters. The summed E-state index contributed by atoms with van der Waals surface area (Å²) < 4.78 is 46.0. The summed E-state index contributed by atoms with van der Waals surface area (Å²) >= 11 is 5.80. The number of hydrogen-bond acceptors (Lipinski definition) is 4. The van der Waals surface area contributed by atoms with Gasteiger partial charge in [-0.25, -0.2) is 4.98 Å². The van der Waals surface area contributed by atoms with Crippen LogP contribution in [-0.4, -0.2) is 29.7 Å². The van der Waals surface area contributed by atoms with Crippen LogP contribution in [0, 0.1) is 0 Å². The monoisotopic (exact) mass is 362 g/mol. The van der Waals surface area contributed by atoms with Gasteiger partial charge in [-0.2, -0.15) is 13.2 Å². The lowest BCUT2D eigenvalue weighted by atomic mass is 10.2. The van der Waals surface area contributed by atoms with E-state index in [1.807, 2.05) is 0 Å². The van der Waals surface area contributed by atoms with E-state index in [4.69, 9.17) is 16.0 Å². The van der Waals surface area contributed by atoms with Gasteiger partial charge in [0.25, 0.3) is 5.91 Å². The maximum Gasteiger partial charge on any atom is 0.422 e. The molecule has 2 aromatic heterocycles. The van der Waals surface area contributed by atoms with Crippen molar-refractivity contribution < 1.29 is 27.1 Å². The third-order valence-electron chi connectivity index (χ3n) is 2.91. The lowest BCUT2D eigenvalue weighted by Gasteiger charge is -2.13. The number of rotatable bonds is 6. The zero-order valence-electron chi connectivity index (χ0n) is 12.6. The van der Waals surface area contributed by atoms with E-state index >= 15 is 0 Å². The number of pyridine rings is 1. The molecule has 9 heteroatoms. The van der Waals surface area contributed by atoms with E-state index in [-0.39, 0.29) is 22.5 Å². The number of alkyl halides is 3. The van der Waals surface area contributed by atoms with E-state index in [1.165, 1.54) is 12.3 Å². The normalized spacial score (nSPS) is 12.7. The summed E-state index contributed by atoms with van der Waals surface area (Å²) in [6.07, 6.45) is -1.37. The number of carbonyl (C=O) groups is 1. The van der Waals surface area contributed by atoms with Crippen molar-refractivity contribution in [3.05, 3.63) is 47.0 Å². The molecule has 24 heavy (non-hydrogen) atoms. The molecule has 0 bridgehead atoms. The van der Waals surface area contributed by atoms with Crippen LogP contribution in [0.1, 0.15) is 23.0 Å². The van der Waals surface area contributed by atoms with Crippen molar-refractivity contribution in [2.45, 2.75) is 25.6 Å². The van der Waals surface area contributed by atoms with E-state index in [2.05, 4.69) is 15.0 Å². The number of nitrogens with zero attached hydrogens (tertiary/aromatic N) is 1. The quantitative estimate of drug-likeness (QED) is 0.852. The predicted octanol–water partition coefficient (Wildman–Crippen LogP) is 3.63. The van der Waals surface area contributed by atoms with Gasteiger partial charge in [-0.15, -0.1) is 0 Å². The van der Waals surface area contributed by atoms with Gasteiger partial charge in [0, 0.05) is 18.7 Å². The Morgan fingerprint density at radius 2 is 2.25 bits per heavy atom. The van der Waals surface area contributed by atoms with E-state index in [0.717, 1.165) is 12.0 Å². The molecular formula is C15H14ClF3N2O3. The standard InChI is InChI=1S/C15H14ClF3N2O3/c1-9(5-11-3-2-4-23-11)21-13(22)10-6-12(16)14(20-7-10)24-8-15(17,18)19/h2-4,6-7,9H,5,8H2,1H3,(H,21,22). The second-order valence-corrected chi connectivity index (χ2v) is 5.48. The Hall–Kier alpha value is -2.22. The van der Waals surface area contributed by atoms with Crippen molar-refractivity contribution in [1.29, 1.82) is 0 Å². The Morgan fingerprint density at radius 3 is 2.83 bits per heavy atom. The number of ether oxygens (including phenoxy) is 1. The smallest absolute Gasteiger partial charge is 0.422 e. The summed E-state index contributed by atoms with van der Waals surface area (Å²) in [6, 6.07) is 4.51. The zero-order chi connectivity index (χ0) is 17.7. The van der Waals surface area contributed by atoms with E-state index in [1.54, 1.807) is 19.1 Å². The van der Waals surface area contributed by atoms with Crippen molar-refractivity contribution >= 4 is 17.5 Å². The molecule has 0 radical (unpaired) electrons. The lowest BCUT2D eigenvalue weighted by Crippen LogP contribution is -2.34. The summed E-state index contributed by atoms with van der Waals surface area (Å²) in [4.78, 5) is 15.8. The largest absolute Gasteiger partial charge is 0.469 e. The van der Waals surface area contributed by atoms with Crippen molar-refractivity contribution in [2.24, 2.45) is 0 Å². The minimum absolute atomic E-state index is 0.116. The average molecular weight is 363 g/mol. The van der Waals surface area contributed by atoms with Gasteiger partial charge in [-0.05, 0) is 25.1 Å². The third-order valence-corrected chi connectivity index (χ3v) is 3.18. The topological polar surface area (TPSA) is 64.4 Å². The Balaban J connectivity index is 1.96. The molecule has 0 fully saturated rings. The molecule has 1 atom stereocenters. The number of aromatic nitrogens is 1. The number of amides is 1. The van der Waals surface area contributed by atoms with Crippen LogP contribution in [0.15, 0.2) is 35.1 Å². The average Bonchev–Trinajstić information content (AvgIpc) is 2.97. The maximum absolute atomic E-state index is 12.1. The molecule has 0 aliphatic rings. The molecule has 0 saturated carbocycles. The van der Waals surface area contributed by atoms with Gasteiger partial charge in [-0.1, -0.05) is 11.6 Å². The Kier molecular flexibility index (Phi) is 5.71. The van der Waals surface area contributed by atoms with Crippen LogP contribution in [0.4, 0.5) is 13.2 Å². The first-order chi connectivity index (χ1) is 11.2. The van der Waals surface area contributed by atoms with Crippen LogP contribution in [0.2, 0.25) is 5.02 Å². The van der Waals surface area contributed by atoms with E-state index in [0.29, 0.717) is 6.42 Å². The van der Waals surface area contributed by atoms with Gasteiger partial charge in [-0.3, -0.25) is 4.79 Å². The van der Waals surface area contributed by atoms with Gasteiger partial charge in [0.2, 0.25) is 5.88 Å². The number of carbonyl (C=O) groups excluding carboxylic acids is 1. The van der Waals surface area contributed by atoms with Gasteiger partial charge >= 0.3 is 6.18 Å². The molecule has 0 spiro atoms. The third kappa shape index (κ3) is 5.45. The maximum atomic E-state index is 12.1. The highest BCUT2D eigenvalue weighted by Gasteiger charge is 2.29. The molecule has 0 saturated heterocycles. The number of nitrogens with one attached hydrogen (secondary N) is 1. The Labute approximate surface area is 140 Å². The minimum Gasteiger partial charge on any atom is -0.469 e. The first kappa shape index (κ1) is 18.1. The fourth-order valence-electron chi connectivity index (χ4n) is 1.89. The second kappa shape index (κ2) is 7.57. The highest BCUT2D eigenvalue weighted by atomic mass is 35.5. The molecule has 2 heterocycles. The fraction of sp³-hybridized carbons (Fsp3) is 0.333. The second-order valence-electron chi connectivity index (χ2n) is 5.07. The molecule has 130 valence electrons. The van der Waals surface area contributed by atoms with Gasteiger partial charge in [0.15, 0.2) is 6.61 Å². The van der Waals surface area contributed by atoms with Crippen molar-refractivity contribution in [1.82, 2.24) is 10.3 Å². The summed E-state index contributed by atoms with van der Waals surface area (Å²) in [5.41, 5.74) is 0.116. The summed E-state index contributed by atoms with van der Waals surface area (Å²) in [6.45, 7) is 0.279. The van der Waals surface area contributed by atoms with Crippen LogP contribution < -0.4 is 10.1 Å². The van der Waals surface area contributed by atoms with Crippen LogP contribution in [-0.2, 0) is 6.42 Å². The Morgan fingerprint density at radius 1 is 1.50 bits per heavy atom. The molecule has 0 aliphatic carbocycles. The molecule has 2 rings (SSSR count). The van der Waals surface area contributed by atoms with Gasteiger partial charge < -0.3 is 14.5 Å². The zero-order valence-corrected chi connectivity index (χ0v) is 13.3. The van der Waals surface area contributed by atoms with E-state index in [9.17, 15) is 18.0 Å². The Bertz CT molecular complexity index is 690. The minimum atomic E-state index is -4.50. The van der Waals surface area contributed by atoms with Crippen LogP contribution >= 0.6 is 11.6 Å². The van der Waals surface area contributed by atoms with Crippen LogP contribution in [0.5, 0.6) is 5.88 Å². The molecule has 1 amide bonds. The highest BCUT2D eigenvalue weighted by Crippen LogP contribution is 2.25. The van der Waals surface area contributed by atoms with Gasteiger partial charge in [0.05, 0.1) is 11.8 Å². The van der Waals surface area contributed by atoms with Crippen molar-refractivity contribution in [3.63, 3.8) is 0 Å². The number of furan rings is 1. The fourth-order valence-corrected chi connectivity index (χ4v) is 2.12. The molecule has 0 aromatic carbocycles. The van der Waals surface area contributed by atoms with Gasteiger partial charge in [0.1, 0.15) is 10.8 Å². The highest BCUT2D eigenvalue weighted by molar-refractivity contribution is 6.32. The molecule has 2 aromatic rings. The van der Waals surface area contributed by atoms with Crippen LogP contribution in [0.3, 0.4) is 0 Å². The number of halogens is 4. The molecule has 5 nitrogen and oxygen atoms in total. The molecule has 0 aliphatic heterocycles. The predicted molar refractivity (Wildman–Crippen MR) is 80.1 cm³/mol. The summed E-state index contributed by atoms with van der Waals surface area (Å²) in [7, 11) is 0. The first-order valence-corrected chi connectivity index (χ1v) is 7.31. The summed E-state index contributed by atoms with van der Waals surface area (Å²) in [5, 5.41) is 2.54. The van der Waals surface area contributed by atoms with E-state index < -0.39 is 18.7 Å². The molecule has 1 N–H and O–H groups in total. The lowest BCUT2D eigenvalue weighted by molar-refractivity contribution is -0.154. The number of hydrogen-bond donors (Lipinski definition) is 1. The van der Waals surface area contributed by atoms with Crippen LogP contribution in [0.25, 0.3) is 0 Å². The van der Waals surface area contributed by atoms with Crippen molar-refractivity contribution in [2.75, 3.05) is 6.61 Å². The SMILES string of the molecule is CC(Cc1ccco1)NC(=O)c1cnc(OCC(F)(F)F)c(Cl)c1. The van der Waals surface area contributed by atoms with Crippen molar-refractivity contribution in [3.8, 4) is 5.88 Å². The first-order valence-electron chi connectivity index (χ1n) is 6.93.